The first-order valence-electron chi connectivity index (χ1n) is 4.85. The highest BCUT2D eigenvalue weighted by Gasteiger charge is 2.21. The van der Waals surface area contributed by atoms with Crippen molar-refractivity contribution in [3.63, 3.8) is 0 Å². The van der Waals surface area contributed by atoms with Gasteiger partial charge in [0.2, 0.25) is 5.91 Å². The van der Waals surface area contributed by atoms with E-state index < -0.39 is 0 Å². The summed E-state index contributed by atoms with van der Waals surface area (Å²) in [7, 11) is 5.72. The molecule has 0 bridgehead atoms. The number of amides is 1. The third-order valence-corrected chi connectivity index (χ3v) is 2.64. The molecular formula is C11H12BNO. The van der Waals surface area contributed by atoms with Gasteiger partial charge in [0.25, 0.3) is 0 Å². The number of aryl methyl sites for hydroxylation is 1. The van der Waals surface area contributed by atoms with Crippen molar-refractivity contribution in [1.82, 2.24) is 0 Å². The van der Waals surface area contributed by atoms with Crippen LogP contribution in [-0.2, 0) is 4.79 Å². The molecule has 14 heavy (non-hydrogen) atoms. The minimum absolute atomic E-state index is 0.217. The van der Waals surface area contributed by atoms with E-state index in [2.05, 4.69) is 0 Å². The lowest BCUT2D eigenvalue weighted by molar-refractivity contribution is -0.117. The van der Waals surface area contributed by atoms with Gasteiger partial charge in [-0.25, -0.2) is 0 Å². The van der Waals surface area contributed by atoms with Crippen LogP contribution in [0.1, 0.15) is 18.4 Å². The van der Waals surface area contributed by atoms with Crippen LogP contribution in [0.15, 0.2) is 18.2 Å². The molecule has 3 heteroatoms. The molecule has 1 saturated heterocycles. The number of carbonyl (C=O) groups is 1. The molecule has 1 amide bonds. The largest absolute Gasteiger partial charge is 0.312 e. The van der Waals surface area contributed by atoms with Crippen molar-refractivity contribution < 1.29 is 4.79 Å². The predicted octanol–water partition coefficient (Wildman–Crippen LogP) is 0.916. The average molecular weight is 185 g/mol. The van der Waals surface area contributed by atoms with Crippen molar-refractivity contribution >= 4 is 24.9 Å². The summed E-state index contributed by atoms with van der Waals surface area (Å²) in [6, 6.07) is 5.74. The van der Waals surface area contributed by atoms with Gasteiger partial charge in [0.05, 0.1) is 0 Å². The Balaban J connectivity index is 2.32. The molecule has 2 nitrogen and oxygen atoms in total. The standard InChI is InChI=1S/C11H12BNO/c1-8-7-9(4-5-10(8)12)13-6-2-3-11(13)14/h4-5,7H,2-3,6H2,1H3. The van der Waals surface area contributed by atoms with Gasteiger partial charge in [0, 0.05) is 18.7 Å². The quantitative estimate of drug-likeness (QED) is 0.595. The maximum atomic E-state index is 11.5. The molecule has 1 aliphatic heterocycles. The zero-order valence-electron chi connectivity index (χ0n) is 8.29. The average Bonchev–Trinajstić information content (AvgIpc) is 2.57. The van der Waals surface area contributed by atoms with Crippen molar-refractivity contribution in [2.45, 2.75) is 19.8 Å². The molecule has 0 spiro atoms. The summed E-state index contributed by atoms with van der Waals surface area (Å²) in [6.45, 7) is 2.79. The van der Waals surface area contributed by atoms with Crippen LogP contribution in [0, 0.1) is 6.92 Å². The molecule has 1 aromatic carbocycles. The van der Waals surface area contributed by atoms with Crippen LogP contribution in [0.25, 0.3) is 0 Å². The Hall–Kier alpha value is -1.25. The lowest BCUT2D eigenvalue weighted by Crippen LogP contribution is -2.24. The Morgan fingerprint density at radius 3 is 2.79 bits per heavy atom. The lowest BCUT2D eigenvalue weighted by Gasteiger charge is -2.16. The number of hydrogen-bond donors (Lipinski definition) is 0. The van der Waals surface area contributed by atoms with Gasteiger partial charge < -0.3 is 4.90 Å². The Kier molecular flexibility index (Phi) is 2.32. The summed E-state index contributed by atoms with van der Waals surface area (Å²) in [5, 5.41) is 0. The lowest BCUT2D eigenvalue weighted by atomic mass is 9.91. The van der Waals surface area contributed by atoms with Crippen LogP contribution in [-0.4, -0.2) is 20.3 Å². The van der Waals surface area contributed by atoms with E-state index in [1.165, 1.54) is 0 Å². The Morgan fingerprint density at radius 1 is 1.43 bits per heavy atom. The second kappa shape index (κ2) is 3.48. The van der Waals surface area contributed by atoms with Crippen LogP contribution in [0.4, 0.5) is 5.69 Å². The van der Waals surface area contributed by atoms with E-state index in [4.69, 9.17) is 7.85 Å². The third kappa shape index (κ3) is 1.54. The number of nitrogens with zero attached hydrogens (tertiary/aromatic N) is 1. The Morgan fingerprint density at radius 2 is 2.21 bits per heavy atom. The minimum Gasteiger partial charge on any atom is -0.312 e. The van der Waals surface area contributed by atoms with Gasteiger partial charge in [0.1, 0.15) is 7.85 Å². The van der Waals surface area contributed by atoms with Crippen molar-refractivity contribution in [1.29, 1.82) is 0 Å². The molecule has 0 saturated carbocycles. The van der Waals surface area contributed by atoms with Crippen molar-refractivity contribution in [3.8, 4) is 0 Å². The molecule has 1 heterocycles. The van der Waals surface area contributed by atoms with E-state index in [1.54, 1.807) is 0 Å². The Bertz CT molecular complexity index is 376. The monoisotopic (exact) mass is 185 g/mol. The number of anilines is 1. The van der Waals surface area contributed by atoms with E-state index in [9.17, 15) is 4.79 Å². The van der Waals surface area contributed by atoms with Gasteiger partial charge in [-0.05, 0) is 25.5 Å². The molecule has 1 aliphatic rings. The van der Waals surface area contributed by atoms with Crippen molar-refractivity contribution in [3.05, 3.63) is 23.8 Å². The van der Waals surface area contributed by atoms with Crippen LogP contribution in [0.2, 0.25) is 0 Å². The van der Waals surface area contributed by atoms with Gasteiger partial charge in [-0.3, -0.25) is 4.79 Å². The topological polar surface area (TPSA) is 20.3 Å². The number of benzene rings is 1. The SMILES string of the molecule is [B]c1ccc(N2CCCC2=O)cc1C. The van der Waals surface area contributed by atoms with E-state index in [0.29, 0.717) is 6.42 Å². The zero-order chi connectivity index (χ0) is 10.1. The molecule has 2 rings (SSSR count). The van der Waals surface area contributed by atoms with Crippen LogP contribution in [0.5, 0.6) is 0 Å². The van der Waals surface area contributed by atoms with E-state index in [0.717, 1.165) is 29.7 Å². The van der Waals surface area contributed by atoms with Gasteiger partial charge in [0.15, 0.2) is 0 Å². The van der Waals surface area contributed by atoms with Crippen molar-refractivity contribution in [2.75, 3.05) is 11.4 Å². The Labute approximate surface area is 85.3 Å². The molecule has 70 valence electrons. The zero-order valence-corrected chi connectivity index (χ0v) is 8.29. The highest BCUT2D eigenvalue weighted by atomic mass is 16.2. The predicted molar refractivity (Wildman–Crippen MR) is 58.2 cm³/mol. The molecule has 0 unspecified atom stereocenters. The molecule has 2 radical (unpaired) electrons. The fourth-order valence-corrected chi connectivity index (χ4v) is 1.75. The summed E-state index contributed by atoms with van der Waals surface area (Å²) in [5.74, 6) is 0.217. The summed E-state index contributed by atoms with van der Waals surface area (Å²) in [5.41, 5.74) is 2.78. The van der Waals surface area contributed by atoms with E-state index in [1.807, 2.05) is 30.0 Å². The molecule has 1 fully saturated rings. The summed E-state index contributed by atoms with van der Waals surface area (Å²) < 4.78 is 0. The number of hydrogen-bond acceptors (Lipinski definition) is 1. The van der Waals surface area contributed by atoms with Crippen LogP contribution >= 0.6 is 0 Å². The fourth-order valence-electron chi connectivity index (χ4n) is 1.75. The smallest absolute Gasteiger partial charge is 0.227 e. The molecule has 1 aromatic rings. The van der Waals surface area contributed by atoms with E-state index in [-0.39, 0.29) is 5.91 Å². The fraction of sp³-hybridized carbons (Fsp3) is 0.364. The summed E-state index contributed by atoms with van der Waals surface area (Å²) in [4.78, 5) is 13.3. The maximum Gasteiger partial charge on any atom is 0.227 e. The first kappa shape index (κ1) is 9.32. The molecular weight excluding hydrogens is 173 g/mol. The van der Waals surface area contributed by atoms with Crippen LogP contribution < -0.4 is 10.4 Å². The highest BCUT2D eigenvalue weighted by Crippen LogP contribution is 2.20. The summed E-state index contributed by atoms with van der Waals surface area (Å²) in [6.07, 6.45) is 1.63. The van der Waals surface area contributed by atoms with Crippen LogP contribution in [0.3, 0.4) is 0 Å². The van der Waals surface area contributed by atoms with Gasteiger partial charge in [-0.2, -0.15) is 0 Å². The first-order chi connectivity index (χ1) is 6.68. The molecule has 0 atom stereocenters. The van der Waals surface area contributed by atoms with Gasteiger partial charge in [-0.15, -0.1) is 0 Å². The number of rotatable bonds is 1. The minimum atomic E-state index is 0.217. The first-order valence-corrected chi connectivity index (χ1v) is 4.85. The van der Waals surface area contributed by atoms with Gasteiger partial charge in [-0.1, -0.05) is 17.1 Å². The van der Waals surface area contributed by atoms with Gasteiger partial charge >= 0.3 is 0 Å². The second-order valence-corrected chi connectivity index (χ2v) is 3.69. The normalized spacial score (nSPS) is 16.4. The van der Waals surface area contributed by atoms with E-state index >= 15 is 0 Å². The summed E-state index contributed by atoms with van der Waals surface area (Å²) >= 11 is 0. The third-order valence-electron chi connectivity index (χ3n) is 2.64. The molecule has 0 N–H and O–H groups in total. The van der Waals surface area contributed by atoms with Crippen molar-refractivity contribution in [2.24, 2.45) is 0 Å². The number of carbonyl (C=O) groups excluding carboxylic acids is 1. The molecule has 0 aromatic heterocycles. The maximum absolute atomic E-state index is 11.5. The second-order valence-electron chi connectivity index (χ2n) is 3.69. The highest BCUT2D eigenvalue weighted by molar-refractivity contribution is 6.33. The molecule has 0 aliphatic carbocycles.